The largest absolute Gasteiger partial charge is 1.00 e. The molecule has 0 fully saturated rings. The Balaban J connectivity index is 0.00000306. The number of amides is 1. The number of aromatic amines is 1. The van der Waals surface area contributed by atoms with E-state index in [0.717, 1.165) is 11.0 Å². The third-order valence-electron chi connectivity index (χ3n) is 5.32. The van der Waals surface area contributed by atoms with Crippen molar-refractivity contribution in [3.63, 3.8) is 0 Å². The van der Waals surface area contributed by atoms with Crippen LogP contribution in [0, 0.1) is 0 Å². The number of nitrogen functional groups attached to an aromatic ring is 1. The van der Waals surface area contributed by atoms with Crippen LogP contribution in [0.25, 0.3) is 22.2 Å². The lowest BCUT2D eigenvalue weighted by Crippen LogP contribution is -3.00. The number of rotatable bonds is 8. The Bertz CT molecular complexity index is 1320. The quantitative estimate of drug-likeness (QED) is 0.159. The van der Waals surface area contributed by atoms with Crippen molar-refractivity contribution in [2.24, 2.45) is 0 Å². The second-order valence-corrected chi connectivity index (χ2v) is 7.05. The van der Waals surface area contributed by atoms with E-state index >= 15 is 0 Å². The van der Waals surface area contributed by atoms with Gasteiger partial charge in [0.1, 0.15) is 17.8 Å². The van der Waals surface area contributed by atoms with Gasteiger partial charge in [-0.3, -0.25) is 9.69 Å². The third-order valence-corrected chi connectivity index (χ3v) is 5.32. The summed E-state index contributed by atoms with van der Waals surface area (Å²) in [5, 5.41) is 0. The first-order chi connectivity index (χ1) is 15.5. The standard InChI is InChI=1S/C21H24N7O4.BrH/c1-4-27-16-9-13(31-2)5-6-15(16)28(11-18(30)32-3)17(27)10-26(12-29)21-19(22)25-20-14(24-21)7-8-23-20;/h5-9,12H,4,10-11H2,1-3H3,(H3,22,23,25);1H/q+1;/p-1. The summed E-state index contributed by atoms with van der Waals surface area (Å²) in [7, 11) is 2.93. The van der Waals surface area contributed by atoms with E-state index in [1.165, 1.54) is 12.0 Å². The molecular formula is C21H24BrN7O4. The van der Waals surface area contributed by atoms with Gasteiger partial charge in [-0.1, -0.05) is 0 Å². The number of carbonyl (C=O) groups is 2. The van der Waals surface area contributed by atoms with E-state index < -0.39 is 5.97 Å². The molecule has 4 rings (SSSR count). The van der Waals surface area contributed by atoms with Crippen LogP contribution in [-0.4, -0.2) is 46.1 Å². The van der Waals surface area contributed by atoms with Gasteiger partial charge in [0.25, 0.3) is 5.82 Å². The maximum absolute atomic E-state index is 12.2. The van der Waals surface area contributed by atoms with Crippen molar-refractivity contribution in [3.05, 3.63) is 36.3 Å². The molecule has 0 unspecified atom stereocenters. The lowest BCUT2D eigenvalue weighted by Gasteiger charge is -2.16. The molecule has 0 aliphatic carbocycles. The van der Waals surface area contributed by atoms with E-state index in [9.17, 15) is 9.59 Å². The number of carbonyl (C=O) groups excluding carboxylic acids is 2. The van der Waals surface area contributed by atoms with Crippen molar-refractivity contribution in [2.75, 3.05) is 24.9 Å². The van der Waals surface area contributed by atoms with Gasteiger partial charge < -0.3 is 37.2 Å². The van der Waals surface area contributed by atoms with Crippen molar-refractivity contribution in [1.82, 2.24) is 19.5 Å². The zero-order chi connectivity index (χ0) is 22.8. The van der Waals surface area contributed by atoms with Crippen molar-refractivity contribution < 1.29 is 40.6 Å². The van der Waals surface area contributed by atoms with Gasteiger partial charge in [-0.05, 0) is 25.1 Å². The number of methoxy groups -OCH3 is 2. The second kappa shape index (κ2) is 9.86. The topological polar surface area (TPSA) is 132 Å². The number of benzene rings is 1. The fraction of sp³-hybridized carbons (Fsp3) is 0.286. The molecule has 33 heavy (non-hydrogen) atoms. The lowest BCUT2D eigenvalue weighted by atomic mass is 10.3. The molecule has 0 aliphatic rings. The number of hydrogen-bond acceptors (Lipinski definition) is 7. The SMILES string of the molecule is CCn1c(CN(C=O)c2nc3cc[nH]c3nc2N)[n+](CC(=O)OC)c2ccc(OC)cc21.[Br-]. The highest BCUT2D eigenvalue weighted by Crippen LogP contribution is 2.25. The second-order valence-electron chi connectivity index (χ2n) is 7.05. The molecule has 0 saturated carbocycles. The van der Waals surface area contributed by atoms with Gasteiger partial charge in [-0.2, -0.15) is 0 Å². The first-order valence-electron chi connectivity index (χ1n) is 9.99. The van der Waals surface area contributed by atoms with Gasteiger partial charge in [0.05, 0.1) is 20.8 Å². The van der Waals surface area contributed by atoms with Crippen LogP contribution in [0.1, 0.15) is 12.7 Å². The fourth-order valence-electron chi connectivity index (χ4n) is 3.79. The van der Waals surface area contributed by atoms with E-state index in [2.05, 4.69) is 15.0 Å². The highest BCUT2D eigenvalue weighted by atomic mass is 79.9. The molecule has 0 spiro atoms. The number of fused-ring (bicyclic) bond motifs is 2. The van der Waals surface area contributed by atoms with Crippen LogP contribution in [-0.2, 0) is 34.0 Å². The van der Waals surface area contributed by atoms with Crippen molar-refractivity contribution in [3.8, 4) is 5.75 Å². The number of nitrogens with one attached hydrogen (secondary N) is 1. The highest BCUT2D eigenvalue weighted by Gasteiger charge is 2.29. The monoisotopic (exact) mass is 517 g/mol. The molecule has 3 aromatic heterocycles. The summed E-state index contributed by atoms with van der Waals surface area (Å²) < 4.78 is 14.1. The Morgan fingerprint density at radius 1 is 1.30 bits per heavy atom. The lowest BCUT2D eigenvalue weighted by molar-refractivity contribution is -0.668. The maximum Gasteiger partial charge on any atom is 0.348 e. The number of aryl methyl sites for hydroxylation is 1. The van der Waals surface area contributed by atoms with Crippen molar-refractivity contribution >= 4 is 46.2 Å². The van der Waals surface area contributed by atoms with E-state index in [-0.39, 0.29) is 41.7 Å². The minimum Gasteiger partial charge on any atom is -1.00 e. The fourth-order valence-corrected chi connectivity index (χ4v) is 3.79. The number of nitrogens with two attached hydrogens (primary N) is 1. The van der Waals surface area contributed by atoms with Crippen molar-refractivity contribution in [1.29, 1.82) is 0 Å². The average Bonchev–Trinajstić information content (AvgIpc) is 3.37. The van der Waals surface area contributed by atoms with Crippen LogP contribution in [0.2, 0.25) is 0 Å². The summed E-state index contributed by atoms with van der Waals surface area (Å²) in [6.45, 7) is 2.67. The molecule has 0 aliphatic heterocycles. The first kappa shape index (κ1) is 24.0. The van der Waals surface area contributed by atoms with Crippen LogP contribution >= 0.6 is 0 Å². The molecule has 1 aromatic carbocycles. The molecular weight excluding hydrogens is 494 g/mol. The van der Waals surface area contributed by atoms with E-state index in [1.807, 2.05) is 34.3 Å². The number of aromatic nitrogens is 5. The zero-order valence-electron chi connectivity index (χ0n) is 18.4. The number of H-pyrrole nitrogens is 1. The van der Waals surface area contributed by atoms with Gasteiger partial charge in [-0.25, -0.2) is 23.9 Å². The number of imidazole rings is 1. The number of ether oxygens (including phenoxy) is 2. The Hall–Kier alpha value is -3.67. The minimum atomic E-state index is -0.409. The Labute approximate surface area is 199 Å². The number of anilines is 2. The maximum atomic E-state index is 12.2. The molecule has 0 saturated heterocycles. The van der Waals surface area contributed by atoms with Crippen LogP contribution in [0.4, 0.5) is 11.6 Å². The molecule has 3 N–H and O–H groups in total. The van der Waals surface area contributed by atoms with E-state index in [0.29, 0.717) is 35.7 Å². The van der Waals surface area contributed by atoms with Crippen LogP contribution in [0.3, 0.4) is 0 Å². The molecule has 174 valence electrons. The molecule has 1 amide bonds. The molecule has 11 nitrogen and oxygen atoms in total. The van der Waals surface area contributed by atoms with Gasteiger partial charge in [0, 0.05) is 12.3 Å². The number of nitrogens with zero attached hydrogens (tertiary/aromatic N) is 5. The summed E-state index contributed by atoms with van der Waals surface area (Å²) in [4.78, 5) is 37.4. The predicted molar refractivity (Wildman–Crippen MR) is 117 cm³/mol. The normalized spacial score (nSPS) is 10.8. The molecule has 0 bridgehead atoms. The number of esters is 1. The summed E-state index contributed by atoms with van der Waals surface area (Å²) in [5.41, 5.74) is 8.89. The predicted octanol–water partition coefficient (Wildman–Crippen LogP) is -1.85. The van der Waals surface area contributed by atoms with Gasteiger partial charge in [0.2, 0.25) is 6.41 Å². The Morgan fingerprint density at radius 2 is 2.09 bits per heavy atom. The number of halogens is 1. The minimum absolute atomic E-state index is 0. The van der Waals surface area contributed by atoms with Crippen LogP contribution in [0.15, 0.2) is 30.5 Å². The summed E-state index contributed by atoms with van der Waals surface area (Å²) >= 11 is 0. The van der Waals surface area contributed by atoms with E-state index in [4.69, 9.17) is 15.2 Å². The molecule has 3 heterocycles. The Kier molecular flexibility index (Phi) is 7.16. The van der Waals surface area contributed by atoms with Crippen LogP contribution in [0.5, 0.6) is 5.75 Å². The van der Waals surface area contributed by atoms with Gasteiger partial charge >= 0.3 is 5.97 Å². The molecule has 4 aromatic rings. The Morgan fingerprint density at radius 3 is 2.76 bits per heavy atom. The van der Waals surface area contributed by atoms with Crippen LogP contribution < -0.4 is 36.9 Å². The summed E-state index contributed by atoms with van der Waals surface area (Å²) in [5.74, 6) is 1.33. The molecule has 0 atom stereocenters. The van der Waals surface area contributed by atoms with Gasteiger partial charge in [0.15, 0.2) is 34.9 Å². The summed E-state index contributed by atoms with van der Waals surface area (Å²) in [6.07, 6.45) is 2.35. The van der Waals surface area contributed by atoms with Gasteiger partial charge in [-0.15, -0.1) is 0 Å². The van der Waals surface area contributed by atoms with Crippen molar-refractivity contribution in [2.45, 2.75) is 26.6 Å². The third kappa shape index (κ3) is 4.33. The average molecular weight is 518 g/mol. The first-order valence-corrected chi connectivity index (χ1v) is 9.99. The van der Waals surface area contributed by atoms with E-state index in [1.54, 1.807) is 19.4 Å². The zero-order valence-corrected chi connectivity index (χ0v) is 20.0. The number of hydrogen-bond donors (Lipinski definition) is 2. The molecule has 12 heteroatoms. The highest BCUT2D eigenvalue weighted by molar-refractivity contribution is 5.84. The smallest absolute Gasteiger partial charge is 0.348 e. The molecule has 0 radical (unpaired) electrons. The summed E-state index contributed by atoms with van der Waals surface area (Å²) in [6, 6.07) is 7.33.